The SMILES string of the molecule is Cc1cnn(CCC(=O)Nc2c(F)c(F)cc(F)c2F)c1. The van der Waals surface area contributed by atoms with Gasteiger partial charge < -0.3 is 5.32 Å². The van der Waals surface area contributed by atoms with Crippen LogP contribution in [0.15, 0.2) is 18.5 Å². The molecule has 112 valence electrons. The van der Waals surface area contributed by atoms with Crippen molar-refractivity contribution < 1.29 is 22.4 Å². The summed E-state index contributed by atoms with van der Waals surface area (Å²) in [5.74, 6) is -7.22. The molecular weight excluding hydrogens is 290 g/mol. The molecule has 1 amide bonds. The van der Waals surface area contributed by atoms with E-state index in [1.54, 1.807) is 12.4 Å². The smallest absolute Gasteiger partial charge is 0.226 e. The van der Waals surface area contributed by atoms with Crippen molar-refractivity contribution in [3.63, 3.8) is 0 Å². The highest BCUT2D eigenvalue weighted by atomic mass is 19.2. The van der Waals surface area contributed by atoms with Gasteiger partial charge in [0.15, 0.2) is 23.3 Å². The molecule has 2 rings (SSSR count). The van der Waals surface area contributed by atoms with Crippen molar-refractivity contribution in [2.45, 2.75) is 19.9 Å². The van der Waals surface area contributed by atoms with Crippen LogP contribution in [-0.2, 0) is 11.3 Å². The molecule has 1 aromatic heterocycles. The van der Waals surface area contributed by atoms with Gasteiger partial charge in [-0.25, -0.2) is 17.6 Å². The molecular formula is C13H11F4N3O. The third kappa shape index (κ3) is 3.39. The Labute approximate surface area is 117 Å². The Morgan fingerprint density at radius 3 is 2.38 bits per heavy atom. The van der Waals surface area contributed by atoms with Crippen molar-refractivity contribution in [3.05, 3.63) is 47.3 Å². The van der Waals surface area contributed by atoms with Crippen LogP contribution in [0.1, 0.15) is 12.0 Å². The standard InChI is InChI=1S/C13H11F4N3O/c1-7-5-18-20(6-7)3-2-10(21)19-13-11(16)8(14)4-9(15)12(13)17/h4-6H,2-3H2,1H3,(H,19,21). The Bertz CT molecular complexity index is 658. The summed E-state index contributed by atoms with van der Waals surface area (Å²) in [4.78, 5) is 11.6. The third-order valence-corrected chi connectivity index (χ3v) is 2.71. The zero-order valence-electron chi connectivity index (χ0n) is 11.0. The summed E-state index contributed by atoms with van der Waals surface area (Å²) < 4.78 is 54.1. The first kappa shape index (κ1) is 15.0. The van der Waals surface area contributed by atoms with Gasteiger partial charge in [-0.3, -0.25) is 9.48 Å². The van der Waals surface area contributed by atoms with E-state index in [2.05, 4.69) is 5.10 Å². The third-order valence-electron chi connectivity index (χ3n) is 2.71. The number of aryl methyl sites for hydroxylation is 2. The Morgan fingerprint density at radius 1 is 1.24 bits per heavy atom. The molecule has 0 unspecified atom stereocenters. The summed E-state index contributed by atoms with van der Waals surface area (Å²) in [7, 11) is 0. The number of amides is 1. The Morgan fingerprint density at radius 2 is 1.86 bits per heavy atom. The van der Waals surface area contributed by atoms with E-state index in [-0.39, 0.29) is 19.0 Å². The fourth-order valence-corrected chi connectivity index (χ4v) is 1.69. The van der Waals surface area contributed by atoms with Crippen LogP contribution in [0.4, 0.5) is 23.2 Å². The summed E-state index contributed by atoms with van der Waals surface area (Å²) >= 11 is 0. The topological polar surface area (TPSA) is 46.9 Å². The molecule has 0 aliphatic rings. The summed E-state index contributed by atoms with van der Waals surface area (Å²) in [5.41, 5.74) is -0.242. The van der Waals surface area contributed by atoms with E-state index in [9.17, 15) is 22.4 Å². The van der Waals surface area contributed by atoms with E-state index >= 15 is 0 Å². The van der Waals surface area contributed by atoms with Crippen LogP contribution < -0.4 is 5.32 Å². The van der Waals surface area contributed by atoms with Gasteiger partial charge in [-0.15, -0.1) is 0 Å². The average Bonchev–Trinajstić information content (AvgIpc) is 2.85. The molecule has 2 aromatic rings. The van der Waals surface area contributed by atoms with Gasteiger partial charge in [0.2, 0.25) is 5.91 Å². The van der Waals surface area contributed by atoms with Crippen molar-refractivity contribution >= 4 is 11.6 Å². The lowest BCUT2D eigenvalue weighted by Crippen LogP contribution is -2.17. The number of carbonyl (C=O) groups is 1. The zero-order valence-corrected chi connectivity index (χ0v) is 11.0. The molecule has 21 heavy (non-hydrogen) atoms. The van der Waals surface area contributed by atoms with Crippen LogP contribution in [0.2, 0.25) is 0 Å². The molecule has 0 radical (unpaired) electrons. The quantitative estimate of drug-likeness (QED) is 0.697. The first-order valence-electron chi connectivity index (χ1n) is 6.00. The number of rotatable bonds is 4. The lowest BCUT2D eigenvalue weighted by atomic mass is 10.2. The zero-order chi connectivity index (χ0) is 15.6. The molecule has 0 saturated heterocycles. The number of benzene rings is 1. The number of aromatic nitrogens is 2. The molecule has 0 bridgehead atoms. The van der Waals surface area contributed by atoms with E-state index in [4.69, 9.17) is 0 Å². The molecule has 0 aliphatic carbocycles. The monoisotopic (exact) mass is 301 g/mol. The van der Waals surface area contributed by atoms with Crippen molar-refractivity contribution in [1.29, 1.82) is 0 Å². The van der Waals surface area contributed by atoms with Crippen LogP contribution in [0.25, 0.3) is 0 Å². The van der Waals surface area contributed by atoms with Gasteiger partial charge in [0.05, 0.1) is 6.20 Å². The highest BCUT2D eigenvalue weighted by Gasteiger charge is 2.20. The Kier molecular flexibility index (Phi) is 4.25. The largest absolute Gasteiger partial charge is 0.321 e. The van der Waals surface area contributed by atoms with Crippen LogP contribution in [-0.4, -0.2) is 15.7 Å². The molecule has 0 spiro atoms. The summed E-state index contributed by atoms with van der Waals surface area (Å²) in [5, 5.41) is 5.75. The molecule has 0 saturated carbocycles. The molecule has 4 nitrogen and oxygen atoms in total. The number of anilines is 1. The van der Waals surface area contributed by atoms with Crippen LogP contribution in [0.5, 0.6) is 0 Å². The fourth-order valence-electron chi connectivity index (χ4n) is 1.69. The molecule has 0 aliphatic heterocycles. The van der Waals surface area contributed by atoms with Crippen LogP contribution in [0.3, 0.4) is 0 Å². The molecule has 8 heteroatoms. The molecule has 1 heterocycles. The van der Waals surface area contributed by atoms with Gasteiger partial charge in [-0.2, -0.15) is 5.10 Å². The lowest BCUT2D eigenvalue weighted by Gasteiger charge is -2.09. The maximum atomic E-state index is 13.4. The van der Waals surface area contributed by atoms with Gasteiger partial charge in [-0.1, -0.05) is 0 Å². The number of nitrogens with one attached hydrogen (secondary N) is 1. The van der Waals surface area contributed by atoms with Gasteiger partial charge in [0, 0.05) is 25.2 Å². The van der Waals surface area contributed by atoms with Crippen molar-refractivity contribution in [2.24, 2.45) is 0 Å². The Hall–Kier alpha value is -2.38. The van der Waals surface area contributed by atoms with Gasteiger partial charge in [-0.05, 0) is 12.5 Å². The second-order valence-corrected chi connectivity index (χ2v) is 4.42. The minimum Gasteiger partial charge on any atom is -0.321 e. The van der Waals surface area contributed by atoms with E-state index in [0.717, 1.165) is 5.56 Å². The summed E-state index contributed by atoms with van der Waals surface area (Å²) in [6.07, 6.45) is 3.10. The fraction of sp³-hybridized carbons (Fsp3) is 0.231. The van der Waals surface area contributed by atoms with Crippen molar-refractivity contribution in [1.82, 2.24) is 9.78 Å². The van der Waals surface area contributed by atoms with Gasteiger partial charge in [0.1, 0.15) is 5.69 Å². The minimum absolute atomic E-state index is 0.0762. The number of hydrogen-bond donors (Lipinski definition) is 1. The van der Waals surface area contributed by atoms with Crippen molar-refractivity contribution in [3.8, 4) is 0 Å². The first-order valence-corrected chi connectivity index (χ1v) is 6.00. The minimum atomic E-state index is -1.64. The summed E-state index contributed by atoms with van der Waals surface area (Å²) in [6, 6.07) is 0.0762. The number of hydrogen-bond acceptors (Lipinski definition) is 2. The van der Waals surface area contributed by atoms with E-state index in [1.165, 1.54) is 4.68 Å². The van der Waals surface area contributed by atoms with E-state index < -0.39 is 34.9 Å². The molecule has 1 N–H and O–H groups in total. The van der Waals surface area contributed by atoms with Crippen LogP contribution in [0, 0.1) is 30.2 Å². The summed E-state index contributed by atoms with van der Waals surface area (Å²) in [6.45, 7) is 1.98. The predicted molar refractivity (Wildman–Crippen MR) is 66.5 cm³/mol. The lowest BCUT2D eigenvalue weighted by molar-refractivity contribution is -0.116. The number of carbonyl (C=O) groups excluding carboxylic acids is 1. The molecule has 1 aromatic carbocycles. The second kappa shape index (κ2) is 5.94. The van der Waals surface area contributed by atoms with Gasteiger partial charge in [0.25, 0.3) is 0 Å². The molecule has 0 atom stereocenters. The number of nitrogens with zero attached hydrogens (tertiary/aromatic N) is 2. The van der Waals surface area contributed by atoms with E-state index in [0.29, 0.717) is 0 Å². The maximum absolute atomic E-state index is 13.4. The number of halogens is 4. The highest BCUT2D eigenvalue weighted by Crippen LogP contribution is 2.24. The van der Waals surface area contributed by atoms with Crippen molar-refractivity contribution in [2.75, 3.05) is 5.32 Å². The maximum Gasteiger partial charge on any atom is 0.226 e. The average molecular weight is 301 g/mol. The first-order chi connectivity index (χ1) is 9.88. The predicted octanol–water partition coefficient (Wildman–Crippen LogP) is 2.78. The highest BCUT2D eigenvalue weighted by molar-refractivity contribution is 5.90. The van der Waals surface area contributed by atoms with Crippen LogP contribution >= 0.6 is 0 Å². The van der Waals surface area contributed by atoms with Gasteiger partial charge >= 0.3 is 0 Å². The normalized spacial score (nSPS) is 10.7. The molecule has 0 fully saturated rings. The Balaban J connectivity index is 2.06. The van der Waals surface area contributed by atoms with E-state index in [1.807, 2.05) is 12.2 Å². The second-order valence-electron chi connectivity index (χ2n) is 4.42.